The number of rotatable bonds is 3. The molecule has 0 atom stereocenters. The highest BCUT2D eigenvalue weighted by molar-refractivity contribution is 6.03. The Hall–Kier alpha value is -2.95. The van der Waals surface area contributed by atoms with Gasteiger partial charge in [-0.3, -0.25) is 14.6 Å². The number of carbonyl (C=O) groups is 1. The number of aromatic nitrogens is 2. The van der Waals surface area contributed by atoms with Gasteiger partial charge in [-0.25, -0.2) is 0 Å². The second-order valence-corrected chi connectivity index (χ2v) is 4.67. The lowest BCUT2D eigenvalue weighted by Crippen LogP contribution is -2.31. The maximum Gasteiger partial charge on any atom is 0.303 e. The van der Waals surface area contributed by atoms with Gasteiger partial charge in [-0.05, 0) is 23.7 Å². The van der Waals surface area contributed by atoms with Crippen LogP contribution in [-0.4, -0.2) is 11.2 Å². The molecule has 1 N–H and O–H groups in total. The van der Waals surface area contributed by atoms with E-state index in [0.29, 0.717) is 11.4 Å². The molecule has 0 radical (unpaired) electrons. The molecule has 0 bridgehead atoms. The Morgan fingerprint density at radius 2 is 1.81 bits per heavy atom. The van der Waals surface area contributed by atoms with E-state index in [1.807, 2.05) is 49.4 Å². The summed E-state index contributed by atoms with van der Waals surface area (Å²) in [7, 11) is 0. The molecule has 5 heteroatoms. The zero-order chi connectivity index (χ0) is 14.7. The van der Waals surface area contributed by atoms with Crippen LogP contribution in [-0.2, 0) is 0 Å². The summed E-state index contributed by atoms with van der Waals surface area (Å²) in [4.78, 5) is 12.0. The predicted octanol–water partition coefficient (Wildman–Crippen LogP) is 2.51. The molecule has 3 rings (SSSR count). The van der Waals surface area contributed by atoms with Crippen LogP contribution in [0.5, 0.6) is 0 Å². The molecule has 0 saturated carbocycles. The molecule has 21 heavy (non-hydrogen) atoms. The first-order valence-electron chi connectivity index (χ1n) is 6.54. The van der Waals surface area contributed by atoms with Gasteiger partial charge in [0, 0.05) is 17.7 Å². The number of amides is 1. The Bertz CT molecular complexity index is 749. The van der Waals surface area contributed by atoms with Gasteiger partial charge in [0.25, 0.3) is 12.1 Å². The fourth-order valence-electron chi connectivity index (χ4n) is 1.89. The summed E-state index contributed by atoms with van der Waals surface area (Å²) in [5, 5.41) is 6.56. The van der Waals surface area contributed by atoms with Gasteiger partial charge in [0.15, 0.2) is 0 Å². The number of hydrogen-bond acceptors (Lipinski definition) is 3. The van der Waals surface area contributed by atoms with Gasteiger partial charge in [-0.15, -0.1) is 0 Å². The van der Waals surface area contributed by atoms with E-state index >= 15 is 0 Å². The van der Waals surface area contributed by atoms with E-state index in [-0.39, 0.29) is 5.91 Å². The van der Waals surface area contributed by atoms with Gasteiger partial charge in [-0.1, -0.05) is 35.9 Å². The zero-order valence-electron chi connectivity index (χ0n) is 11.5. The molecule has 0 unspecified atom stereocenters. The summed E-state index contributed by atoms with van der Waals surface area (Å²) >= 11 is 0. The van der Waals surface area contributed by atoms with Crippen LogP contribution in [0, 0.1) is 6.92 Å². The highest BCUT2D eigenvalue weighted by Gasteiger charge is 2.16. The van der Waals surface area contributed by atoms with Crippen LogP contribution in [0.15, 0.2) is 65.3 Å². The van der Waals surface area contributed by atoms with E-state index in [0.717, 1.165) is 5.69 Å². The number of hydrogen-bond donors (Lipinski definition) is 1. The van der Waals surface area contributed by atoms with E-state index in [9.17, 15) is 4.79 Å². The Labute approximate surface area is 121 Å². The van der Waals surface area contributed by atoms with E-state index in [1.54, 1.807) is 23.0 Å². The second-order valence-electron chi connectivity index (χ2n) is 4.67. The second kappa shape index (κ2) is 5.58. The van der Waals surface area contributed by atoms with Crippen molar-refractivity contribution < 1.29 is 14.0 Å². The molecule has 0 saturated heterocycles. The summed E-state index contributed by atoms with van der Waals surface area (Å²) in [6, 6.07) is 16.8. The Balaban J connectivity index is 1.76. The van der Waals surface area contributed by atoms with Gasteiger partial charge < -0.3 is 0 Å². The van der Waals surface area contributed by atoms with Crippen LogP contribution in [0.25, 0.3) is 5.69 Å². The van der Waals surface area contributed by atoms with Gasteiger partial charge >= 0.3 is 5.88 Å². The minimum atomic E-state index is -0.234. The Morgan fingerprint density at radius 3 is 2.52 bits per heavy atom. The molecule has 1 aromatic heterocycles. The third kappa shape index (κ3) is 2.97. The molecular formula is C16H14N3O2+. The maximum absolute atomic E-state index is 12.0. The first-order chi connectivity index (χ1) is 10.2. The molecule has 0 aliphatic rings. The highest BCUT2D eigenvalue weighted by atomic mass is 16.5. The highest BCUT2D eigenvalue weighted by Crippen LogP contribution is 2.08. The first-order valence-corrected chi connectivity index (χ1v) is 6.54. The fourth-order valence-corrected chi connectivity index (χ4v) is 1.89. The average Bonchev–Trinajstić information content (AvgIpc) is 2.97. The van der Waals surface area contributed by atoms with Crippen LogP contribution in [0.2, 0.25) is 0 Å². The molecule has 2 aromatic carbocycles. The monoisotopic (exact) mass is 280 g/mol. The van der Waals surface area contributed by atoms with Crippen LogP contribution >= 0.6 is 0 Å². The molecule has 0 aliphatic heterocycles. The van der Waals surface area contributed by atoms with Crippen LogP contribution in [0.1, 0.15) is 15.9 Å². The molecule has 1 amide bonds. The molecule has 5 nitrogen and oxygen atoms in total. The van der Waals surface area contributed by atoms with Crippen molar-refractivity contribution in [1.82, 2.24) is 5.27 Å². The normalized spacial score (nSPS) is 10.3. The van der Waals surface area contributed by atoms with Crippen molar-refractivity contribution in [3.8, 4) is 5.69 Å². The van der Waals surface area contributed by atoms with Crippen molar-refractivity contribution >= 4 is 11.8 Å². The quantitative estimate of drug-likeness (QED) is 0.750. The molecule has 0 spiro atoms. The molecule has 104 valence electrons. The molecule has 3 aromatic rings. The Kier molecular flexibility index (Phi) is 3.47. The van der Waals surface area contributed by atoms with Gasteiger partial charge in [0.05, 0.1) is 0 Å². The fraction of sp³-hybridized carbons (Fsp3) is 0.0625. The molecule has 1 heterocycles. The van der Waals surface area contributed by atoms with Crippen molar-refractivity contribution in [3.05, 3.63) is 71.9 Å². The maximum atomic E-state index is 12.0. The van der Waals surface area contributed by atoms with E-state index in [1.165, 1.54) is 5.56 Å². The smallest absolute Gasteiger partial charge is 0.285 e. The minimum absolute atomic E-state index is 0.234. The van der Waals surface area contributed by atoms with Gasteiger partial charge in [-0.2, -0.15) is 0 Å². The van der Waals surface area contributed by atoms with Crippen molar-refractivity contribution in [1.29, 1.82) is 0 Å². The topological polar surface area (TPSA) is 59.0 Å². The summed E-state index contributed by atoms with van der Waals surface area (Å²) in [5.74, 6) is 0.0623. The third-order valence-electron chi connectivity index (χ3n) is 3.04. The number of nitrogens with zero attached hydrogens (tertiary/aromatic N) is 2. The van der Waals surface area contributed by atoms with E-state index in [2.05, 4.69) is 10.6 Å². The van der Waals surface area contributed by atoms with Crippen molar-refractivity contribution in [2.45, 2.75) is 6.92 Å². The number of anilines is 1. The Morgan fingerprint density at radius 1 is 1.10 bits per heavy atom. The van der Waals surface area contributed by atoms with Crippen LogP contribution in [0.3, 0.4) is 0 Å². The first kappa shape index (κ1) is 13.1. The lowest BCUT2D eigenvalue weighted by Gasteiger charge is -1.97. The molecular weight excluding hydrogens is 266 g/mol. The number of nitrogens with one attached hydrogen (secondary N) is 1. The summed E-state index contributed by atoms with van der Waals surface area (Å²) in [6.07, 6.45) is 1.63. The van der Waals surface area contributed by atoms with Crippen molar-refractivity contribution in [3.63, 3.8) is 0 Å². The lowest BCUT2D eigenvalue weighted by atomic mass is 10.2. The SMILES string of the molecule is Cc1ccc(-[n+]2cc(NC(=O)c3ccccc3)on2)cc1. The zero-order valence-corrected chi connectivity index (χ0v) is 11.5. The van der Waals surface area contributed by atoms with Crippen LogP contribution in [0.4, 0.5) is 5.88 Å². The number of benzene rings is 2. The lowest BCUT2D eigenvalue weighted by molar-refractivity contribution is -0.670. The van der Waals surface area contributed by atoms with E-state index < -0.39 is 0 Å². The standard InChI is InChI=1S/C16H13N3O2/c1-12-7-9-14(10-8-12)19-11-15(21-18-19)17-16(20)13-5-3-2-4-6-13/h2-11H,1H3/p+1. The van der Waals surface area contributed by atoms with Gasteiger partial charge in [0.1, 0.15) is 0 Å². The number of carbonyl (C=O) groups excluding carboxylic acids is 1. The largest absolute Gasteiger partial charge is 0.303 e. The number of aryl methyl sites for hydroxylation is 1. The molecule has 0 fully saturated rings. The van der Waals surface area contributed by atoms with Crippen molar-refractivity contribution in [2.75, 3.05) is 5.32 Å². The van der Waals surface area contributed by atoms with E-state index in [4.69, 9.17) is 4.52 Å². The van der Waals surface area contributed by atoms with Crippen LogP contribution < -0.4 is 10.00 Å². The summed E-state index contributed by atoms with van der Waals surface area (Å²) < 4.78 is 6.69. The summed E-state index contributed by atoms with van der Waals surface area (Å²) in [5.41, 5.74) is 2.60. The van der Waals surface area contributed by atoms with Gasteiger partial charge in [0.2, 0.25) is 11.0 Å². The predicted molar refractivity (Wildman–Crippen MR) is 77.2 cm³/mol. The third-order valence-corrected chi connectivity index (χ3v) is 3.04. The molecule has 0 aliphatic carbocycles. The van der Waals surface area contributed by atoms with Crippen molar-refractivity contribution in [2.24, 2.45) is 0 Å². The minimum Gasteiger partial charge on any atom is -0.285 e. The summed E-state index contributed by atoms with van der Waals surface area (Å²) in [6.45, 7) is 2.02. The average molecular weight is 280 g/mol.